The van der Waals surface area contributed by atoms with Gasteiger partial charge in [0.1, 0.15) is 5.69 Å². The number of nitrogens with two attached hydrogens (primary N) is 1. The Balaban J connectivity index is 0.000000117. The lowest BCUT2D eigenvalue weighted by Crippen LogP contribution is -2.08. The molecule has 7 N–H and O–H groups in total. The zero-order chi connectivity index (χ0) is 104. The molecule has 14 aromatic heterocycles. The third-order valence-corrected chi connectivity index (χ3v) is 25.7. The molecule has 36 heteroatoms. The molecular weight excluding hydrogens is 1880 g/mol. The summed E-state index contributed by atoms with van der Waals surface area (Å²) >= 11 is 0. The van der Waals surface area contributed by atoms with Gasteiger partial charge >= 0.3 is 0 Å². The molecule has 0 spiro atoms. The highest BCUT2D eigenvalue weighted by atomic mass is 32.2. The number of fused-ring (bicyclic) bond motifs is 6. The number of aromatic nitrogens is 22. The molecule has 9 aromatic carbocycles. The Morgan fingerprint density at radius 1 is 0.336 bits per heavy atom. The number of para-hydroxylation sites is 1. The summed E-state index contributed by atoms with van der Waals surface area (Å²) in [6.45, 7) is 6.00. The molecule has 0 aliphatic carbocycles. The first kappa shape index (κ1) is 98.6. The predicted octanol–water partition coefficient (Wildman–Crippen LogP) is 21.1. The molecular formula is C113H113N33O2S. The molecule has 0 saturated carbocycles. The number of hydrogen-bond acceptors (Lipinski definition) is 27. The van der Waals surface area contributed by atoms with Crippen LogP contribution < -0.4 is 56.8 Å². The van der Waals surface area contributed by atoms with Crippen molar-refractivity contribution in [2.75, 3.05) is 134 Å². The fraction of sp³-hybridized carbons (Fsp3) is 0.150. The van der Waals surface area contributed by atoms with Gasteiger partial charge in [-0.3, -0.25) is 41.0 Å². The van der Waals surface area contributed by atoms with Crippen LogP contribution in [-0.4, -0.2) is 191 Å². The van der Waals surface area contributed by atoms with Crippen molar-refractivity contribution >= 4 is 141 Å². The minimum Gasteiger partial charge on any atom is -0.399 e. The molecule has 0 bridgehead atoms. The lowest BCUT2D eigenvalue weighted by molar-refractivity contribution is 0.483. The number of rotatable bonds is 26. The van der Waals surface area contributed by atoms with E-state index >= 15 is 0 Å². The second-order valence-corrected chi connectivity index (χ2v) is 39.1. The fourth-order valence-corrected chi connectivity index (χ4v) is 17.7. The zero-order valence-corrected chi connectivity index (χ0v) is 85.7. The van der Waals surface area contributed by atoms with Crippen LogP contribution in [0.1, 0.15) is 19.4 Å². The van der Waals surface area contributed by atoms with Gasteiger partial charge in [-0.15, -0.1) is 0 Å². The molecule has 23 rings (SSSR count). The molecule has 0 aliphatic heterocycles. The van der Waals surface area contributed by atoms with E-state index in [4.69, 9.17) is 5.73 Å². The SMILES string of the molecule is CC(C)Cn1cc(-c2cnc3c(Nc4cccc(N(C)C)c4)nccn23)cn1.CN(C)c1cccc(Nc2nccn3c(-c4ccc(S(C)(=O)=O)cc4)cnc23)c1.CN(C)c1cccc(Nc2nccn3c(-c4cn(C)nc4-c4cccc(N)c4)cnc23)c1.CN(C)c1cccc(Nc2nccn3c(-c4cnc5ccccc5c4)cnc23)c1.CN(C)c1cccc(Nc2nccn3c(-c4cnn(Cc5ccccc5)c4)cnc23)c1. The van der Waals surface area contributed by atoms with Gasteiger partial charge in [0.15, 0.2) is 67.2 Å². The van der Waals surface area contributed by atoms with Crippen LogP contribution in [0.4, 0.5) is 91.7 Å². The van der Waals surface area contributed by atoms with Crippen molar-refractivity contribution in [3.05, 3.63) is 366 Å². The van der Waals surface area contributed by atoms with E-state index in [1.54, 1.807) is 66.1 Å². The van der Waals surface area contributed by atoms with Gasteiger partial charge in [-0.2, -0.15) is 15.3 Å². The quantitative estimate of drug-likeness (QED) is 0.0274. The van der Waals surface area contributed by atoms with Gasteiger partial charge in [0.05, 0.1) is 88.8 Å². The first-order valence-electron chi connectivity index (χ1n) is 48.2. The molecule has 0 atom stereocenters. The zero-order valence-electron chi connectivity index (χ0n) is 84.9. The number of pyridine rings is 1. The van der Waals surface area contributed by atoms with E-state index in [0.717, 1.165) is 177 Å². The maximum atomic E-state index is 11.7. The number of imidazole rings is 5. The third kappa shape index (κ3) is 22.8. The minimum atomic E-state index is -3.23. The highest BCUT2D eigenvalue weighted by Crippen LogP contribution is 2.38. The number of aryl methyl sites for hydroxylation is 1. The molecule has 0 amide bonds. The number of nitrogen functional groups attached to an aromatic ring is 1. The van der Waals surface area contributed by atoms with Crippen LogP contribution in [0.5, 0.6) is 0 Å². The molecule has 14 heterocycles. The van der Waals surface area contributed by atoms with Gasteiger partial charge in [-0.1, -0.05) is 117 Å². The van der Waals surface area contributed by atoms with Crippen LogP contribution in [0, 0.1) is 5.92 Å². The highest BCUT2D eigenvalue weighted by molar-refractivity contribution is 7.90. The number of hydrogen-bond donors (Lipinski definition) is 6. The van der Waals surface area contributed by atoms with Gasteiger partial charge in [-0.25, -0.2) is 58.3 Å². The van der Waals surface area contributed by atoms with E-state index in [2.05, 4.69) is 209 Å². The number of anilines is 16. The summed E-state index contributed by atoms with van der Waals surface area (Å²) in [5, 5.41) is 31.7. The maximum absolute atomic E-state index is 11.7. The lowest BCUT2D eigenvalue weighted by atomic mass is 10.1. The van der Waals surface area contributed by atoms with Crippen LogP contribution in [0.3, 0.4) is 0 Å². The Hall–Kier alpha value is -19.1. The first-order valence-corrected chi connectivity index (χ1v) is 50.1. The molecule has 0 unspecified atom stereocenters. The smallest absolute Gasteiger partial charge is 0.180 e. The summed E-state index contributed by atoms with van der Waals surface area (Å²) < 4.78 is 39.2. The number of nitrogens with zero attached hydrogens (tertiary/aromatic N) is 27. The topological polar surface area (TPSA) is 354 Å². The van der Waals surface area contributed by atoms with Gasteiger partial charge in [0.2, 0.25) is 0 Å². The van der Waals surface area contributed by atoms with Gasteiger partial charge in [-0.05, 0) is 139 Å². The lowest BCUT2D eigenvalue weighted by Gasteiger charge is -2.14. The largest absolute Gasteiger partial charge is 0.399 e. The van der Waals surface area contributed by atoms with Crippen LogP contribution in [-0.2, 0) is 30.0 Å². The summed E-state index contributed by atoms with van der Waals surface area (Å²) in [7, 11) is 18.9. The van der Waals surface area contributed by atoms with E-state index in [9.17, 15) is 8.42 Å². The van der Waals surface area contributed by atoms with Crippen molar-refractivity contribution in [1.29, 1.82) is 0 Å². The van der Waals surface area contributed by atoms with Gasteiger partial charge in [0.25, 0.3) is 0 Å². The molecule has 0 aliphatic rings. The Kier molecular flexibility index (Phi) is 28.9. The van der Waals surface area contributed by atoms with Crippen molar-refractivity contribution in [2.45, 2.75) is 31.8 Å². The average molecular weight is 2000 g/mol. The summed E-state index contributed by atoms with van der Waals surface area (Å²) in [6.07, 6.45) is 40.5. The monoisotopic (exact) mass is 2000 g/mol. The summed E-state index contributed by atoms with van der Waals surface area (Å²) in [5.74, 6) is 4.02. The fourth-order valence-electron chi connectivity index (χ4n) is 17.1. The summed E-state index contributed by atoms with van der Waals surface area (Å²) in [5.41, 5.74) is 34.4. The number of sulfone groups is 1. The number of benzene rings is 9. The highest BCUT2D eigenvalue weighted by Gasteiger charge is 2.23. The minimum absolute atomic E-state index is 0.292. The first-order chi connectivity index (χ1) is 72.2. The van der Waals surface area contributed by atoms with Crippen molar-refractivity contribution in [3.63, 3.8) is 0 Å². The van der Waals surface area contributed by atoms with Crippen molar-refractivity contribution in [1.82, 2.24) is 106 Å². The Morgan fingerprint density at radius 3 is 1.09 bits per heavy atom. The molecule has 748 valence electrons. The van der Waals surface area contributed by atoms with Gasteiger partial charge in [0, 0.05) is 278 Å². The standard InChI is InChI=1S/C24H24N8.C24H23N7.C23H20N6.C21H25N7.C21H21N5O2S/c1-30(2)19-9-5-8-18(13-19)28-23-24-27-14-21(32(24)11-10-26-23)20-15-31(3)29-22(20)16-6-4-7-17(25)12-16;1-29(2)21-10-6-9-20(13-21)28-23-24-26-15-22(31(24)12-11-25-23)19-14-27-30(17-19)16-18-7-4-3-5-8-18;1-28(2)19-8-5-7-18(13-19)27-22-23-26-15-21(29(23)11-10-24-22)17-12-16-6-3-4-9-20(16)25-14-17;1-15(2)13-27-14-16(11-24-27)19-12-23-21-20(22-8-9-28(19)21)25-17-6-5-7-18(10-17)26(3)4;1-25(2)17-6-4-5-16(13-17)24-20-21-23-14-19(26(21)12-11-22-20)15-7-9-18(10-8-15)29(3,27)28/h4-15H,25H2,1-3H3,(H,26,28);3-15,17H,16H2,1-2H3,(H,25,28);3-15H,1-2H3,(H,24,27);5-12,14-15H,13H2,1-4H3,(H,22,25);4-14H,1-3H3,(H,22,24). The maximum Gasteiger partial charge on any atom is 0.180 e. The van der Waals surface area contributed by atoms with E-state index in [-0.39, 0.29) is 0 Å². The second-order valence-electron chi connectivity index (χ2n) is 37.1. The van der Waals surface area contributed by atoms with Crippen molar-refractivity contribution < 1.29 is 8.42 Å². The van der Waals surface area contributed by atoms with Crippen LogP contribution in [0.25, 0.3) is 107 Å². The van der Waals surface area contributed by atoms with Crippen molar-refractivity contribution in [3.8, 4) is 67.5 Å². The van der Waals surface area contributed by atoms with Crippen LogP contribution in [0.15, 0.2) is 366 Å². The average Bonchev–Trinajstić information content (AvgIpc) is 1.49. The Morgan fingerprint density at radius 2 is 0.698 bits per heavy atom. The molecule has 23 aromatic rings. The normalized spacial score (nSPS) is 11.2. The van der Waals surface area contributed by atoms with E-state index in [1.165, 1.54) is 11.8 Å². The molecule has 35 nitrogen and oxygen atoms in total. The molecule has 149 heavy (non-hydrogen) atoms. The number of nitrogens with one attached hydrogen (secondary N) is 5. The van der Waals surface area contributed by atoms with Crippen LogP contribution in [0.2, 0.25) is 0 Å². The molecule has 0 radical (unpaired) electrons. The summed E-state index contributed by atoms with van der Waals surface area (Å²) in [4.78, 5) is 60.8. The summed E-state index contributed by atoms with van der Waals surface area (Å²) in [6, 6.07) is 75.9. The van der Waals surface area contributed by atoms with E-state index < -0.39 is 9.84 Å². The third-order valence-electron chi connectivity index (χ3n) is 24.6. The van der Waals surface area contributed by atoms with Crippen molar-refractivity contribution in [2.24, 2.45) is 13.0 Å². The molecule has 0 fully saturated rings. The second kappa shape index (κ2) is 43.6. The molecule has 0 saturated heterocycles. The van der Waals surface area contributed by atoms with E-state index in [1.807, 2.05) is 334 Å². The predicted molar refractivity (Wildman–Crippen MR) is 599 cm³/mol. The van der Waals surface area contributed by atoms with Crippen LogP contribution >= 0.6 is 0 Å². The Labute approximate surface area is 862 Å². The van der Waals surface area contributed by atoms with E-state index in [0.29, 0.717) is 45.4 Å². The van der Waals surface area contributed by atoms with Gasteiger partial charge < -0.3 is 56.8 Å². The Bertz CT molecular complexity index is 8770.